The van der Waals surface area contributed by atoms with Crippen molar-refractivity contribution in [1.82, 2.24) is 0 Å². The Labute approximate surface area is 95.2 Å². The van der Waals surface area contributed by atoms with Crippen LogP contribution in [0.5, 0.6) is 0 Å². The van der Waals surface area contributed by atoms with E-state index in [2.05, 4.69) is 4.74 Å². The first-order valence-corrected chi connectivity index (χ1v) is 5.08. The molecular weight excluding hydrogens is 216 g/mol. The molecule has 0 spiro atoms. The van der Waals surface area contributed by atoms with Gasteiger partial charge in [0.1, 0.15) is 6.61 Å². The molecule has 0 aromatic rings. The van der Waals surface area contributed by atoms with E-state index in [4.69, 9.17) is 14.9 Å². The molecule has 0 atom stereocenters. The molecule has 0 aromatic carbocycles. The fraction of sp³-hybridized carbons (Fsp3) is 0.800. The van der Waals surface area contributed by atoms with Crippen LogP contribution in [0.4, 0.5) is 0 Å². The minimum atomic E-state index is -0.711. The topological polar surface area (TPSA) is 93.1 Å². The van der Waals surface area contributed by atoms with Crippen LogP contribution in [0.1, 0.15) is 26.7 Å². The van der Waals surface area contributed by atoms with Crippen molar-refractivity contribution in [3.05, 3.63) is 0 Å². The molecule has 0 bridgehead atoms. The third-order valence-corrected chi connectivity index (χ3v) is 1.23. The number of carbonyl (C=O) groups excluding carboxylic acids is 1. The number of carboxylic acid groups (broad SMARTS) is 1. The SMILES string of the molecule is CC(=O)OCCOCCO.CCCC(=O)O. The smallest absolute Gasteiger partial charge is 0.303 e. The average Bonchev–Trinajstić information content (AvgIpc) is 2.17. The number of esters is 1. The molecular formula is C10H20O6. The summed E-state index contributed by atoms with van der Waals surface area (Å²) in [5.41, 5.74) is 0. The van der Waals surface area contributed by atoms with Crippen LogP contribution in [0.3, 0.4) is 0 Å². The second kappa shape index (κ2) is 13.9. The Balaban J connectivity index is 0. The first kappa shape index (κ1) is 17.3. The van der Waals surface area contributed by atoms with E-state index in [0.717, 1.165) is 6.42 Å². The van der Waals surface area contributed by atoms with Gasteiger partial charge in [-0.15, -0.1) is 0 Å². The van der Waals surface area contributed by atoms with Gasteiger partial charge in [-0.05, 0) is 6.42 Å². The second-order valence-electron chi connectivity index (χ2n) is 2.82. The molecule has 0 saturated heterocycles. The quantitative estimate of drug-likeness (QED) is 0.492. The summed E-state index contributed by atoms with van der Waals surface area (Å²) >= 11 is 0. The Kier molecular flexibility index (Phi) is 15.0. The van der Waals surface area contributed by atoms with Gasteiger partial charge in [-0.1, -0.05) is 6.92 Å². The molecule has 0 fully saturated rings. The minimum Gasteiger partial charge on any atom is -0.481 e. The number of carboxylic acids is 1. The van der Waals surface area contributed by atoms with Crippen LogP contribution in [0.15, 0.2) is 0 Å². The molecule has 6 heteroatoms. The normalized spacial score (nSPS) is 8.94. The van der Waals surface area contributed by atoms with Gasteiger partial charge in [0, 0.05) is 13.3 Å². The molecule has 0 unspecified atom stereocenters. The van der Waals surface area contributed by atoms with Crippen LogP contribution in [0, 0.1) is 0 Å². The first-order valence-electron chi connectivity index (χ1n) is 5.08. The van der Waals surface area contributed by atoms with Gasteiger partial charge in [0.05, 0.1) is 19.8 Å². The standard InChI is InChI=1S/C6H12O4.C4H8O2/c1-6(8)10-5-4-9-3-2-7;1-2-3-4(5)6/h7H,2-5H2,1H3;2-3H2,1H3,(H,5,6). The maximum Gasteiger partial charge on any atom is 0.303 e. The van der Waals surface area contributed by atoms with Crippen LogP contribution in [-0.2, 0) is 19.1 Å². The molecule has 0 saturated carbocycles. The Bertz CT molecular complexity index is 180. The van der Waals surface area contributed by atoms with Crippen molar-refractivity contribution in [1.29, 1.82) is 0 Å². The first-order chi connectivity index (χ1) is 7.54. The number of rotatable bonds is 7. The molecule has 6 nitrogen and oxygen atoms in total. The predicted molar refractivity (Wildman–Crippen MR) is 57.1 cm³/mol. The highest BCUT2D eigenvalue weighted by Gasteiger charge is 1.91. The summed E-state index contributed by atoms with van der Waals surface area (Å²) in [6, 6.07) is 0. The average molecular weight is 236 g/mol. The van der Waals surface area contributed by atoms with E-state index in [9.17, 15) is 9.59 Å². The van der Waals surface area contributed by atoms with E-state index in [1.807, 2.05) is 6.92 Å². The second-order valence-corrected chi connectivity index (χ2v) is 2.82. The van der Waals surface area contributed by atoms with E-state index in [1.165, 1.54) is 6.92 Å². The third-order valence-electron chi connectivity index (χ3n) is 1.23. The van der Waals surface area contributed by atoms with Gasteiger partial charge >= 0.3 is 11.9 Å². The Morgan fingerprint density at radius 1 is 1.19 bits per heavy atom. The van der Waals surface area contributed by atoms with Crippen molar-refractivity contribution < 1.29 is 29.3 Å². The van der Waals surface area contributed by atoms with Gasteiger partial charge in [-0.25, -0.2) is 0 Å². The number of carbonyl (C=O) groups is 2. The summed E-state index contributed by atoms with van der Waals surface area (Å²) in [7, 11) is 0. The Morgan fingerprint density at radius 2 is 1.81 bits per heavy atom. The van der Waals surface area contributed by atoms with Crippen LogP contribution >= 0.6 is 0 Å². The summed E-state index contributed by atoms with van der Waals surface area (Å²) in [5, 5.41) is 16.2. The Hall–Kier alpha value is -1.14. The highest BCUT2D eigenvalue weighted by atomic mass is 16.6. The maximum absolute atomic E-state index is 10.1. The zero-order chi connectivity index (χ0) is 12.8. The van der Waals surface area contributed by atoms with Crippen LogP contribution in [0.2, 0.25) is 0 Å². The highest BCUT2D eigenvalue weighted by Crippen LogP contribution is 1.82. The monoisotopic (exact) mass is 236 g/mol. The zero-order valence-electron chi connectivity index (χ0n) is 9.77. The van der Waals surface area contributed by atoms with Gasteiger partial charge < -0.3 is 19.7 Å². The number of hydrogen-bond acceptors (Lipinski definition) is 5. The molecule has 96 valence electrons. The van der Waals surface area contributed by atoms with E-state index >= 15 is 0 Å². The van der Waals surface area contributed by atoms with Gasteiger partial charge in [0.2, 0.25) is 0 Å². The highest BCUT2D eigenvalue weighted by molar-refractivity contribution is 5.66. The van der Waals surface area contributed by atoms with Crippen molar-refractivity contribution in [2.24, 2.45) is 0 Å². The molecule has 0 amide bonds. The molecule has 0 aromatic heterocycles. The van der Waals surface area contributed by atoms with E-state index < -0.39 is 5.97 Å². The minimum absolute atomic E-state index is 0.0000709. The fourth-order valence-electron chi connectivity index (χ4n) is 0.625. The lowest BCUT2D eigenvalue weighted by atomic mass is 10.4. The van der Waals surface area contributed by atoms with E-state index in [0.29, 0.717) is 19.6 Å². The number of ether oxygens (including phenoxy) is 2. The molecule has 2 N–H and O–H groups in total. The predicted octanol–water partition coefficient (Wildman–Crippen LogP) is 0.429. The summed E-state index contributed by atoms with van der Waals surface area (Å²) in [6.45, 7) is 4.08. The maximum atomic E-state index is 10.1. The van der Waals surface area contributed by atoms with Crippen LogP contribution in [-0.4, -0.2) is 48.6 Å². The molecule has 0 heterocycles. The van der Waals surface area contributed by atoms with Gasteiger partial charge in [-0.2, -0.15) is 0 Å². The molecule has 0 radical (unpaired) electrons. The van der Waals surface area contributed by atoms with Crippen molar-refractivity contribution in [3.8, 4) is 0 Å². The van der Waals surface area contributed by atoms with Crippen LogP contribution in [0.25, 0.3) is 0 Å². The van der Waals surface area contributed by atoms with Gasteiger partial charge in [-0.3, -0.25) is 9.59 Å². The number of aliphatic hydroxyl groups excluding tert-OH is 1. The fourth-order valence-corrected chi connectivity index (χ4v) is 0.625. The number of aliphatic carboxylic acids is 1. The number of aliphatic hydroxyl groups is 1. The molecule has 16 heavy (non-hydrogen) atoms. The summed E-state index contributed by atoms with van der Waals surface area (Å²) in [4.78, 5) is 19.7. The van der Waals surface area contributed by atoms with Crippen molar-refractivity contribution in [2.75, 3.05) is 26.4 Å². The summed E-state index contributed by atoms with van der Waals surface area (Å²) < 4.78 is 9.35. The lowest BCUT2D eigenvalue weighted by Crippen LogP contribution is -2.09. The number of hydrogen-bond donors (Lipinski definition) is 2. The Morgan fingerprint density at radius 3 is 2.12 bits per heavy atom. The molecule has 0 rings (SSSR count). The summed E-state index contributed by atoms with van der Waals surface area (Å²) in [5.74, 6) is -1.02. The third kappa shape index (κ3) is 23.0. The van der Waals surface area contributed by atoms with E-state index in [1.54, 1.807) is 0 Å². The van der Waals surface area contributed by atoms with Gasteiger partial charge in [0.15, 0.2) is 0 Å². The molecule has 0 aliphatic rings. The van der Waals surface area contributed by atoms with Crippen molar-refractivity contribution in [3.63, 3.8) is 0 Å². The van der Waals surface area contributed by atoms with E-state index in [-0.39, 0.29) is 19.2 Å². The van der Waals surface area contributed by atoms with Crippen molar-refractivity contribution in [2.45, 2.75) is 26.7 Å². The van der Waals surface area contributed by atoms with Crippen LogP contribution < -0.4 is 0 Å². The molecule has 0 aliphatic carbocycles. The molecule has 0 aliphatic heterocycles. The zero-order valence-corrected chi connectivity index (χ0v) is 9.77. The lowest BCUT2D eigenvalue weighted by molar-refractivity contribution is -0.142. The van der Waals surface area contributed by atoms with Crippen molar-refractivity contribution >= 4 is 11.9 Å². The van der Waals surface area contributed by atoms with Gasteiger partial charge in [0.25, 0.3) is 0 Å². The largest absolute Gasteiger partial charge is 0.481 e. The summed E-state index contributed by atoms with van der Waals surface area (Å²) in [6.07, 6.45) is 1.02. The lowest BCUT2D eigenvalue weighted by Gasteiger charge is -2.01.